The summed E-state index contributed by atoms with van der Waals surface area (Å²) in [5.41, 5.74) is 3.13. The summed E-state index contributed by atoms with van der Waals surface area (Å²) < 4.78 is 5.37. The summed E-state index contributed by atoms with van der Waals surface area (Å²) in [5, 5.41) is 6.69. The molecule has 0 atom stereocenters. The average Bonchev–Trinajstić information content (AvgIpc) is 2.61. The molecule has 1 heterocycles. The van der Waals surface area contributed by atoms with Crippen molar-refractivity contribution in [3.8, 4) is 5.75 Å². The van der Waals surface area contributed by atoms with Crippen molar-refractivity contribution in [2.75, 3.05) is 17.7 Å². The van der Waals surface area contributed by atoms with Gasteiger partial charge in [0.2, 0.25) is 0 Å². The normalized spacial score (nSPS) is 10.1. The maximum absolute atomic E-state index is 5.37. The van der Waals surface area contributed by atoms with Crippen LogP contribution in [0, 0.1) is 0 Å². The monoisotopic (exact) mass is 305 g/mol. The molecular weight excluding hydrogens is 286 g/mol. The van der Waals surface area contributed by atoms with E-state index in [1.807, 2.05) is 60.7 Å². The van der Waals surface area contributed by atoms with Crippen LogP contribution >= 0.6 is 0 Å². The van der Waals surface area contributed by atoms with Gasteiger partial charge in [0.25, 0.3) is 0 Å². The van der Waals surface area contributed by atoms with Crippen LogP contribution in [0.25, 0.3) is 0 Å². The Balaban J connectivity index is 1.68. The van der Waals surface area contributed by atoms with Crippen LogP contribution in [0.1, 0.15) is 5.56 Å². The summed E-state index contributed by atoms with van der Waals surface area (Å²) in [6.07, 6.45) is 1.79. The molecule has 0 radical (unpaired) electrons. The largest absolute Gasteiger partial charge is 0.496 e. The first-order chi connectivity index (χ1) is 11.3. The zero-order valence-electron chi connectivity index (χ0n) is 13.0. The van der Waals surface area contributed by atoms with Gasteiger partial charge < -0.3 is 15.4 Å². The molecule has 4 heteroatoms. The molecule has 0 unspecified atom stereocenters. The van der Waals surface area contributed by atoms with E-state index in [2.05, 4.69) is 21.7 Å². The van der Waals surface area contributed by atoms with Gasteiger partial charge in [-0.15, -0.1) is 0 Å². The van der Waals surface area contributed by atoms with Gasteiger partial charge in [0.15, 0.2) is 0 Å². The third-order valence-electron chi connectivity index (χ3n) is 3.48. The number of hydrogen-bond acceptors (Lipinski definition) is 4. The number of pyridine rings is 1. The van der Waals surface area contributed by atoms with Crippen molar-refractivity contribution in [1.29, 1.82) is 0 Å². The van der Waals surface area contributed by atoms with Crippen LogP contribution in [-0.4, -0.2) is 12.1 Å². The van der Waals surface area contributed by atoms with Gasteiger partial charge in [-0.3, -0.25) is 0 Å². The summed E-state index contributed by atoms with van der Waals surface area (Å²) in [6.45, 7) is 0.693. The Bertz CT molecular complexity index is 759. The molecule has 0 bridgehead atoms. The molecule has 0 aliphatic carbocycles. The number of nitrogens with zero attached hydrogens (tertiary/aromatic N) is 1. The number of para-hydroxylation sites is 2. The fraction of sp³-hybridized carbons (Fsp3) is 0.105. The number of anilines is 3. The Labute approximate surface area is 136 Å². The van der Waals surface area contributed by atoms with Gasteiger partial charge >= 0.3 is 0 Å². The van der Waals surface area contributed by atoms with Crippen LogP contribution < -0.4 is 15.4 Å². The smallest absolute Gasteiger partial charge is 0.132 e. The quantitative estimate of drug-likeness (QED) is 0.706. The number of aromatic nitrogens is 1. The van der Waals surface area contributed by atoms with Gasteiger partial charge in [-0.25, -0.2) is 4.98 Å². The minimum Gasteiger partial charge on any atom is -0.496 e. The Hall–Kier alpha value is -3.01. The molecule has 3 rings (SSSR count). The molecule has 0 fully saturated rings. The van der Waals surface area contributed by atoms with Crippen LogP contribution in [0.2, 0.25) is 0 Å². The van der Waals surface area contributed by atoms with E-state index in [-0.39, 0.29) is 0 Å². The van der Waals surface area contributed by atoms with Crippen molar-refractivity contribution < 1.29 is 4.74 Å². The number of ether oxygens (including phenoxy) is 1. The highest BCUT2D eigenvalue weighted by molar-refractivity contribution is 5.60. The number of nitrogens with one attached hydrogen (secondary N) is 2. The second kappa shape index (κ2) is 7.31. The molecule has 0 saturated carbocycles. The van der Waals surface area contributed by atoms with E-state index in [1.165, 1.54) is 0 Å². The lowest BCUT2D eigenvalue weighted by Gasteiger charge is -2.11. The SMILES string of the molecule is COc1ccccc1CNc1ccnc(Nc2ccccc2)c1. The molecule has 0 saturated heterocycles. The summed E-state index contributed by atoms with van der Waals surface area (Å²) in [7, 11) is 1.69. The maximum atomic E-state index is 5.37. The molecule has 23 heavy (non-hydrogen) atoms. The fourth-order valence-electron chi connectivity index (χ4n) is 2.32. The number of rotatable bonds is 6. The van der Waals surface area contributed by atoms with Crippen LogP contribution in [-0.2, 0) is 6.54 Å². The van der Waals surface area contributed by atoms with Crippen LogP contribution in [0.3, 0.4) is 0 Å². The highest BCUT2D eigenvalue weighted by Crippen LogP contribution is 2.21. The Kier molecular flexibility index (Phi) is 4.74. The van der Waals surface area contributed by atoms with Crippen molar-refractivity contribution in [1.82, 2.24) is 4.98 Å². The molecule has 0 amide bonds. The van der Waals surface area contributed by atoms with Crippen LogP contribution in [0.5, 0.6) is 5.75 Å². The first kappa shape index (κ1) is 14.9. The van der Waals surface area contributed by atoms with Crippen molar-refractivity contribution in [2.45, 2.75) is 6.54 Å². The molecule has 0 spiro atoms. The lowest BCUT2D eigenvalue weighted by Crippen LogP contribution is -2.02. The van der Waals surface area contributed by atoms with Crippen molar-refractivity contribution >= 4 is 17.2 Å². The van der Waals surface area contributed by atoms with E-state index >= 15 is 0 Å². The van der Waals surface area contributed by atoms with Gasteiger partial charge in [-0.2, -0.15) is 0 Å². The Morgan fingerprint density at radius 3 is 2.52 bits per heavy atom. The van der Waals surface area contributed by atoms with E-state index in [4.69, 9.17) is 4.74 Å². The Morgan fingerprint density at radius 1 is 0.913 bits per heavy atom. The first-order valence-corrected chi connectivity index (χ1v) is 7.49. The second-order valence-corrected chi connectivity index (χ2v) is 5.09. The van der Waals surface area contributed by atoms with Gasteiger partial charge in [-0.1, -0.05) is 36.4 Å². The number of methoxy groups -OCH3 is 1. The standard InChI is InChI=1S/C19H19N3O/c1-23-18-10-6-5-7-15(18)14-21-17-11-12-20-19(13-17)22-16-8-3-2-4-9-16/h2-13H,14H2,1H3,(H2,20,21,22). The lowest BCUT2D eigenvalue weighted by molar-refractivity contribution is 0.410. The summed E-state index contributed by atoms with van der Waals surface area (Å²) >= 11 is 0. The predicted molar refractivity (Wildman–Crippen MR) is 94.3 cm³/mol. The van der Waals surface area contributed by atoms with Gasteiger partial charge in [0.05, 0.1) is 7.11 Å². The summed E-state index contributed by atoms with van der Waals surface area (Å²) in [6, 6.07) is 21.9. The highest BCUT2D eigenvalue weighted by Gasteiger charge is 2.02. The predicted octanol–water partition coefficient (Wildman–Crippen LogP) is 4.45. The zero-order chi connectivity index (χ0) is 15.9. The molecule has 3 aromatic rings. The topological polar surface area (TPSA) is 46.2 Å². The number of benzene rings is 2. The summed E-state index contributed by atoms with van der Waals surface area (Å²) in [5.74, 6) is 1.69. The third-order valence-corrected chi connectivity index (χ3v) is 3.48. The lowest BCUT2D eigenvalue weighted by atomic mass is 10.2. The average molecular weight is 305 g/mol. The van der Waals surface area contributed by atoms with Crippen molar-refractivity contribution in [3.63, 3.8) is 0 Å². The molecule has 2 N–H and O–H groups in total. The zero-order valence-corrected chi connectivity index (χ0v) is 13.0. The molecular formula is C19H19N3O. The van der Waals surface area contributed by atoms with Gasteiger partial charge in [-0.05, 0) is 24.3 Å². The van der Waals surface area contributed by atoms with Crippen LogP contribution in [0.4, 0.5) is 17.2 Å². The van der Waals surface area contributed by atoms with E-state index in [0.717, 1.165) is 28.5 Å². The minimum atomic E-state index is 0.693. The van der Waals surface area contributed by atoms with Crippen molar-refractivity contribution in [3.05, 3.63) is 78.5 Å². The molecule has 4 nitrogen and oxygen atoms in total. The third kappa shape index (κ3) is 4.01. The van der Waals surface area contributed by atoms with E-state index in [0.29, 0.717) is 6.54 Å². The molecule has 116 valence electrons. The molecule has 2 aromatic carbocycles. The van der Waals surface area contributed by atoms with Gasteiger partial charge in [0.1, 0.15) is 11.6 Å². The molecule has 0 aliphatic heterocycles. The number of hydrogen-bond donors (Lipinski definition) is 2. The maximum Gasteiger partial charge on any atom is 0.132 e. The fourth-order valence-corrected chi connectivity index (χ4v) is 2.32. The summed E-state index contributed by atoms with van der Waals surface area (Å²) in [4.78, 5) is 4.35. The van der Waals surface area contributed by atoms with Crippen LogP contribution in [0.15, 0.2) is 72.9 Å². The van der Waals surface area contributed by atoms with E-state index in [9.17, 15) is 0 Å². The Morgan fingerprint density at radius 2 is 1.70 bits per heavy atom. The highest BCUT2D eigenvalue weighted by atomic mass is 16.5. The first-order valence-electron chi connectivity index (χ1n) is 7.49. The minimum absolute atomic E-state index is 0.693. The molecule has 1 aromatic heterocycles. The van der Waals surface area contributed by atoms with E-state index in [1.54, 1.807) is 13.3 Å². The molecule has 0 aliphatic rings. The second-order valence-electron chi connectivity index (χ2n) is 5.09. The van der Waals surface area contributed by atoms with Gasteiger partial charge in [0, 0.05) is 35.7 Å². The van der Waals surface area contributed by atoms with Crippen molar-refractivity contribution in [2.24, 2.45) is 0 Å². The van der Waals surface area contributed by atoms with E-state index < -0.39 is 0 Å².